The molecule has 1 saturated heterocycles. The number of benzene rings is 1. The van der Waals surface area contributed by atoms with Crippen LogP contribution >= 0.6 is 0 Å². The highest BCUT2D eigenvalue weighted by Crippen LogP contribution is 2.22. The highest BCUT2D eigenvalue weighted by Gasteiger charge is 2.31. The van der Waals surface area contributed by atoms with Crippen molar-refractivity contribution in [3.63, 3.8) is 0 Å². The van der Waals surface area contributed by atoms with Gasteiger partial charge in [-0.25, -0.2) is 9.18 Å². The van der Waals surface area contributed by atoms with Crippen LogP contribution in [0, 0.1) is 5.82 Å². The molecule has 1 heterocycles. The average Bonchev–Trinajstić information content (AvgIpc) is 2.85. The molecule has 0 spiro atoms. The largest absolute Gasteiger partial charge is 0.394 e. The summed E-state index contributed by atoms with van der Waals surface area (Å²) in [7, 11) is 0. The van der Waals surface area contributed by atoms with Crippen molar-refractivity contribution >= 4 is 17.6 Å². The Kier molecular flexibility index (Phi) is 5.32. The second kappa shape index (κ2) is 7.22. The first-order chi connectivity index (χ1) is 10.5. The molecule has 2 atom stereocenters. The summed E-state index contributed by atoms with van der Waals surface area (Å²) in [5.41, 5.74) is 0.483. The summed E-state index contributed by atoms with van der Waals surface area (Å²) in [6.07, 6.45) is 0.781. The van der Waals surface area contributed by atoms with Gasteiger partial charge >= 0.3 is 6.03 Å². The first-order valence-electron chi connectivity index (χ1n) is 7.27. The van der Waals surface area contributed by atoms with Crippen LogP contribution in [0.3, 0.4) is 0 Å². The van der Waals surface area contributed by atoms with E-state index in [9.17, 15) is 14.0 Å². The predicted molar refractivity (Wildman–Crippen MR) is 80.0 cm³/mol. The normalized spacial score (nSPS) is 19.1. The number of nitrogens with one attached hydrogen (secondary N) is 2. The Morgan fingerprint density at radius 3 is 2.95 bits per heavy atom. The minimum atomic E-state index is -0.417. The number of aliphatic hydroxyl groups is 1. The molecule has 1 aliphatic rings. The van der Waals surface area contributed by atoms with Crippen LogP contribution in [-0.2, 0) is 4.79 Å². The molecule has 7 heteroatoms. The number of anilines is 1. The fourth-order valence-electron chi connectivity index (χ4n) is 2.39. The standard InChI is InChI=1S/C15H20FN3O3/c1-2-11(9-20)17-15(22)18-12-7-14(21)19(8-12)13-5-3-4-10(16)6-13/h3-6,11-12,20H,2,7-9H2,1H3,(H2,17,18,22). The number of hydrogen-bond acceptors (Lipinski definition) is 3. The maximum atomic E-state index is 13.2. The third-order valence-corrected chi connectivity index (χ3v) is 3.63. The van der Waals surface area contributed by atoms with Crippen LogP contribution in [0.4, 0.5) is 14.9 Å². The van der Waals surface area contributed by atoms with Crippen molar-refractivity contribution in [3.05, 3.63) is 30.1 Å². The van der Waals surface area contributed by atoms with Crippen LogP contribution in [0.1, 0.15) is 19.8 Å². The number of aliphatic hydroxyl groups excluding tert-OH is 1. The second-order valence-corrected chi connectivity index (χ2v) is 5.29. The number of amides is 3. The molecule has 0 saturated carbocycles. The Balaban J connectivity index is 1.93. The average molecular weight is 309 g/mol. The van der Waals surface area contributed by atoms with Crippen LogP contribution < -0.4 is 15.5 Å². The topological polar surface area (TPSA) is 81.7 Å². The smallest absolute Gasteiger partial charge is 0.315 e. The number of rotatable bonds is 5. The van der Waals surface area contributed by atoms with E-state index >= 15 is 0 Å². The highest BCUT2D eigenvalue weighted by molar-refractivity contribution is 5.96. The Hall–Kier alpha value is -2.15. The number of hydrogen-bond donors (Lipinski definition) is 3. The number of nitrogens with zero attached hydrogens (tertiary/aromatic N) is 1. The van der Waals surface area contributed by atoms with E-state index in [2.05, 4.69) is 10.6 Å². The van der Waals surface area contributed by atoms with Gasteiger partial charge in [-0.2, -0.15) is 0 Å². The third-order valence-electron chi connectivity index (χ3n) is 3.63. The minimum Gasteiger partial charge on any atom is -0.394 e. The van der Waals surface area contributed by atoms with E-state index in [0.717, 1.165) is 0 Å². The third kappa shape index (κ3) is 3.94. The zero-order valence-electron chi connectivity index (χ0n) is 12.4. The van der Waals surface area contributed by atoms with Crippen molar-refractivity contribution in [1.29, 1.82) is 0 Å². The van der Waals surface area contributed by atoms with E-state index in [1.54, 1.807) is 12.1 Å². The van der Waals surface area contributed by atoms with E-state index in [-0.39, 0.29) is 31.0 Å². The van der Waals surface area contributed by atoms with Crippen molar-refractivity contribution in [3.8, 4) is 0 Å². The predicted octanol–water partition coefficient (Wildman–Crippen LogP) is 1.00. The van der Waals surface area contributed by atoms with Gasteiger partial charge in [0.05, 0.1) is 18.7 Å². The van der Waals surface area contributed by atoms with E-state index in [1.807, 2.05) is 6.92 Å². The van der Waals surface area contributed by atoms with Crippen molar-refractivity contribution in [2.45, 2.75) is 31.8 Å². The summed E-state index contributed by atoms with van der Waals surface area (Å²) in [6, 6.07) is 4.73. The molecule has 0 aromatic heterocycles. The lowest BCUT2D eigenvalue weighted by Crippen LogP contribution is -2.48. The molecule has 0 aliphatic carbocycles. The maximum absolute atomic E-state index is 13.2. The lowest BCUT2D eigenvalue weighted by molar-refractivity contribution is -0.117. The van der Waals surface area contributed by atoms with Gasteiger partial charge in [-0.1, -0.05) is 13.0 Å². The van der Waals surface area contributed by atoms with Gasteiger partial charge < -0.3 is 20.6 Å². The van der Waals surface area contributed by atoms with Crippen molar-refractivity contribution in [1.82, 2.24) is 10.6 Å². The maximum Gasteiger partial charge on any atom is 0.315 e. The Bertz CT molecular complexity index is 549. The molecule has 2 rings (SSSR count). The van der Waals surface area contributed by atoms with Gasteiger partial charge in [0.2, 0.25) is 5.91 Å². The first kappa shape index (κ1) is 16.2. The molecule has 2 unspecified atom stereocenters. The van der Waals surface area contributed by atoms with E-state index in [4.69, 9.17) is 5.11 Å². The van der Waals surface area contributed by atoms with Gasteiger partial charge in [0.15, 0.2) is 0 Å². The van der Waals surface area contributed by atoms with Crippen LogP contribution in [0.5, 0.6) is 0 Å². The van der Waals surface area contributed by atoms with Crippen LogP contribution in [0.25, 0.3) is 0 Å². The minimum absolute atomic E-state index is 0.136. The summed E-state index contributed by atoms with van der Waals surface area (Å²) >= 11 is 0. The van der Waals surface area contributed by atoms with E-state index in [1.165, 1.54) is 17.0 Å². The molecule has 1 fully saturated rings. The number of urea groups is 1. The van der Waals surface area contributed by atoms with Gasteiger partial charge in [0.1, 0.15) is 5.82 Å². The SMILES string of the molecule is CCC(CO)NC(=O)NC1CC(=O)N(c2cccc(F)c2)C1. The molecule has 0 bridgehead atoms. The van der Waals surface area contributed by atoms with Gasteiger partial charge in [-0.05, 0) is 24.6 Å². The molecule has 3 amide bonds. The lowest BCUT2D eigenvalue weighted by atomic mass is 10.2. The van der Waals surface area contributed by atoms with Crippen molar-refractivity contribution in [2.24, 2.45) is 0 Å². The number of halogens is 1. The molecule has 6 nitrogen and oxygen atoms in total. The number of carbonyl (C=O) groups excluding carboxylic acids is 2. The molecule has 1 aromatic carbocycles. The fourth-order valence-corrected chi connectivity index (χ4v) is 2.39. The van der Waals surface area contributed by atoms with Crippen LogP contribution in [0.15, 0.2) is 24.3 Å². The number of carbonyl (C=O) groups is 2. The molecular weight excluding hydrogens is 289 g/mol. The Morgan fingerprint density at radius 1 is 1.55 bits per heavy atom. The monoisotopic (exact) mass is 309 g/mol. The van der Waals surface area contributed by atoms with Crippen LogP contribution in [-0.4, -0.2) is 42.3 Å². The molecule has 1 aromatic rings. The van der Waals surface area contributed by atoms with Crippen LogP contribution in [0.2, 0.25) is 0 Å². The zero-order valence-corrected chi connectivity index (χ0v) is 12.4. The quantitative estimate of drug-likeness (QED) is 0.759. The second-order valence-electron chi connectivity index (χ2n) is 5.29. The van der Waals surface area contributed by atoms with Gasteiger partial charge in [0.25, 0.3) is 0 Å². The summed E-state index contributed by atoms with van der Waals surface area (Å²) in [5.74, 6) is -0.571. The van der Waals surface area contributed by atoms with E-state index < -0.39 is 11.8 Å². The summed E-state index contributed by atoms with van der Waals surface area (Å²) < 4.78 is 13.2. The highest BCUT2D eigenvalue weighted by atomic mass is 19.1. The lowest BCUT2D eigenvalue weighted by Gasteiger charge is -2.19. The van der Waals surface area contributed by atoms with E-state index in [0.29, 0.717) is 18.7 Å². The van der Waals surface area contributed by atoms with Gasteiger partial charge in [0, 0.05) is 18.7 Å². The first-order valence-corrected chi connectivity index (χ1v) is 7.27. The summed E-state index contributed by atoms with van der Waals surface area (Å²) in [4.78, 5) is 25.3. The molecular formula is C15H20FN3O3. The summed E-state index contributed by atoms with van der Waals surface area (Å²) in [6.45, 7) is 2.01. The van der Waals surface area contributed by atoms with Crippen molar-refractivity contribution in [2.75, 3.05) is 18.1 Å². The molecule has 3 N–H and O–H groups in total. The molecule has 120 valence electrons. The molecule has 0 radical (unpaired) electrons. The molecule has 1 aliphatic heterocycles. The van der Waals surface area contributed by atoms with Gasteiger partial charge in [-0.3, -0.25) is 4.79 Å². The van der Waals surface area contributed by atoms with Gasteiger partial charge in [-0.15, -0.1) is 0 Å². The fraction of sp³-hybridized carbons (Fsp3) is 0.467. The Morgan fingerprint density at radius 2 is 2.32 bits per heavy atom. The summed E-state index contributed by atoms with van der Waals surface area (Å²) in [5, 5.41) is 14.4. The zero-order chi connectivity index (χ0) is 16.1. The van der Waals surface area contributed by atoms with Crippen molar-refractivity contribution < 1.29 is 19.1 Å². The Labute approximate surface area is 128 Å². The molecule has 22 heavy (non-hydrogen) atoms.